The van der Waals surface area contributed by atoms with Crippen LogP contribution in [-0.2, 0) is 4.74 Å². The van der Waals surface area contributed by atoms with Crippen LogP contribution in [0.1, 0.15) is 26.7 Å². The molecular weight excluding hydrogens is 138 g/mol. The molecule has 66 valence electrons. The van der Waals surface area contributed by atoms with Crippen LogP contribution in [0.3, 0.4) is 0 Å². The average molecular weight is 157 g/mol. The van der Waals surface area contributed by atoms with E-state index in [1.807, 2.05) is 0 Å². The molecule has 1 unspecified atom stereocenters. The maximum Gasteiger partial charge on any atom is 0.0575 e. The van der Waals surface area contributed by atoms with Crippen LogP contribution in [0.4, 0.5) is 0 Å². The van der Waals surface area contributed by atoms with Gasteiger partial charge in [-0.2, -0.15) is 0 Å². The van der Waals surface area contributed by atoms with Gasteiger partial charge in [0.1, 0.15) is 0 Å². The third-order valence-electron chi connectivity index (χ3n) is 2.48. The van der Waals surface area contributed by atoms with Gasteiger partial charge in [-0.1, -0.05) is 0 Å². The van der Waals surface area contributed by atoms with Gasteiger partial charge in [0.2, 0.25) is 0 Å². The molecule has 0 aromatic rings. The van der Waals surface area contributed by atoms with Gasteiger partial charge in [-0.3, -0.25) is 0 Å². The van der Waals surface area contributed by atoms with Gasteiger partial charge in [-0.25, -0.2) is 0 Å². The first kappa shape index (κ1) is 9.01. The van der Waals surface area contributed by atoms with Gasteiger partial charge in [0, 0.05) is 6.61 Å². The Morgan fingerprint density at radius 3 is 2.64 bits per heavy atom. The van der Waals surface area contributed by atoms with E-state index in [0.717, 1.165) is 12.5 Å². The van der Waals surface area contributed by atoms with Gasteiger partial charge in [-0.15, -0.1) is 0 Å². The molecule has 11 heavy (non-hydrogen) atoms. The number of nitrogens with one attached hydrogen (secondary N) is 1. The molecule has 1 aliphatic rings. The largest absolute Gasteiger partial charge is 0.379 e. The zero-order chi connectivity index (χ0) is 8.10. The van der Waals surface area contributed by atoms with Crippen molar-refractivity contribution in [1.82, 2.24) is 5.32 Å². The minimum atomic E-state index is 0.460. The second kappa shape index (κ2) is 4.73. The standard InChI is InChI=1S/C9H19NO/c1-3-11-8(2)9-4-6-10-7-5-9/h8-10H,3-7H2,1-2H3. The first-order valence-electron chi connectivity index (χ1n) is 4.67. The van der Waals surface area contributed by atoms with Crippen molar-refractivity contribution in [3.8, 4) is 0 Å². The van der Waals surface area contributed by atoms with Crippen LogP contribution in [-0.4, -0.2) is 25.8 Å². The van der Waals surface area contributed by atoms with Gasteiger partial charge in [0.15, 0.2) is 0 Å². The fourth-order valence-electron chi connectivity index (χ4n) is 1.71. The van der Waals surface area contributed by atoms with Crippen LogP contribution in [0.5, 0.6) is 0 Å². The van der Waals surface area contributed by atoms with E-state index in [1.54, 1.807) is 0 Å². The van der Waals surface area contributed by atoms with E-state index in [2.05, 4.69) is 19.2 Å². The summed E-state index contributed by atoms with van der Waals surface area (Å²) in [6.07, 6.45) is 3.02. The minimum Gasteiger partial charge on any atom is -0.379 e. The molecule has 0 spiro atoms. The molecule has 2 nitrogen and oxygen atoms in total. The van der Waals surface area contributed by atoms with Crippen molar-refractivity contribution in [2.75, 3.05) is 19.7 Å². The maximum absolute atomic E-state index is 5.55. The van der Waals surface area contributed by atoms with Crippen molar-refractivity contribution in [1.29, 1.82) is 0 Å². The molecule has 0 radical (unpaired) electrons. The minimum absolute atomic E-state index is 0.460. The molecule has 1 saturated heterocycles. The van der Waals surface area contributed by atoms with Gasteiger partial charge < -0.3 is 10.1 Å². The number of ether oxygens (including phenoxy) is 1. The smallest absolute Gasteiger partial charge is 0.0575 e. The molecule has 0 aliphatic carbocycles. The highest BCUT2D eigenvalue weighted by atomic mass is 16.5. The van der Waals surface area contributed by atoms with Crippen molar-refractivity contribution in [3.63, 3.8) is 0 Å². The second-order valence-electron chi connectivity index (χ2n) is 3.25. The van der Waals surface area contributed by atoms with Gasteiger partial charge in [-0.05, 0) is 45.7 Å². The molecular formula is C9H19NO. The summed E-state index contributed by atoms with van der Waals surface area (Å²) in [7, 11) is 0. The van der Waals surface area contributed by atoms with Gasteiger partial charge >= 0.3 is 0 Å². The summed E-state index contributed by atoms with van der Waals surface area (Å²) >= 11 is 0. The number of piperidine rings is 1. The van der Waals surface area contributed by atoms with Crippen LogP contribution in [0.15, 0.2) is 0 Å². The second-order valence-corrected chi connectivity index (χ2v) is 3.25. The van der Waals surface area contributed by atoms with Crippen LogP contribution in [0, 0.1) is 5.92 Å². The summed E-state index contributed by atoms with van der Waals surface area (Å²) in [6.45, 7) is 7.45. The van der Waals surface area contributed by atoms with Crippen molar-refractivity contribution in [3.05, 3.63) is 0 Å². The average Bonchev–Trinajstić information content (AvgIpc) is 2.07. The highest BCUT2D eigenvalue weighted by Crippen LogP contribution is 2.18. The van der Waals surface area contributed by atoms with Crippen LogP contribution in [0.2, 0.25) is 0 Å². The summed E-state index contributed by atoms with van der Waals surface area (Å²) in [5, 5.41) is 3.36. The molecule has 0 bridgehead atoms. The predicted molar refractivity (Wildman–Crippen MR) is 46.7 cm³/mol. The van der Waals surface area contributed by atoms with E-state index in [-0.39, 0.29) is 0 Å². The molecule has 1 heterocycles. The van der Waals surface area contributed by atoms with Gasteiger partial charge in [0.05, 0.1) is 6.10 Å². The molecule has 2 heteroatoms. The highest BCUT2D eigenvalue weighted by Gasteiger charge is 2.19. The first-order valence-corrected chi connectivity index (χ1v) is 4.67. The van der Waals surface area contributed by atoms with E-state index < -0.39 is 0 Å². The van der Waals surface area contributed by atoms with Crippen LogP contribution < -0.4 is 5.32 Å². The number of hydrogen-bond donors (Lipinski definition) is 1. The third kappa shape index (κ3) is 2.80. The lowest BCUT2D eigenvalue weighted by Gasteiger charge is -2.27. The quantitative estimate of drug-likeness (QED) is 0.669. The fourth-order valence-corrected chi connectivity index (χ4v) is 1.71. The molecule has 0 aromatic heterocycles. The van der Waals surface area contributed by atoms with Crippen LogP contribution >= 0.6 is 0 Å². The third-order valence-corrected chi connectivity index (χ3v) is 2.48. The lowest BCUT2D eigenvalue weighted by atomic mass is 9.93. The Bertz CT molecular complexity index is 99.7. The van der Waals surface area contributed by atoms with E-state index >= 15 is 0 Å². The Morgan fingerprint density at radius 1 is 1.45 bits per heavy atom. The first-order chi connectivity index (χ1) is 5.34. The Kier molecular flexibility index (Phi) is 3.87. The summed E-state index contributed by atoms with van der Waals surface area (Å²) in [5.74, 6) is 0.788. The monoisotopic (exact) mass is 157 g/mol. The zero-order valence-corrected chi connectivity index (χ0v) is 7.60. The molecule has 1 aliphatic heterocycles. The molecule has 1 atom stereocenters. The van der Waals surface area contributed by atoms with Crippen molar-refractivity contribution < 1.29 is 4.74 Å². The lowest BCUT2D eigenvalue weighted by Crippen LogP contribution is -2.34. The molecule has 0 aromatic carbocycles. The van der Waals surface area contributed by atoms with Crippen molar-refractivity contribution in [2.24, 2.45) is 5.92 Å². The number of rotatable bonds is 3. The van der Waals surface area contributed by atoms with E-state index in [4.69, 9.17) is 4.74 Å². The highest BCUT2D eigenvalue weighted by molar-refractivity contribution is 4.73. The predicted octanol–water partition coefficient (Wildman–Crippen LogP) is 1.41. The summed E-state index contributed by atoms with van der Waals surface area (Å²) < 4.78 is 5.55. The molecule has 1 rings (SSSR count). The lowest BCUT2D eigenvalue weighted by molar-refractivity contribution is 0.0227. The van der Waals surface area contributed by atoms with E-state index in [9.17, 15) is 0 Å². The topological polar surface area (TPSA) is 21.3 Å². The molecule has 0 amide bonds. The summed E-state index contributed by atoms with van der Waals surface area (Å²) in [4.78, 5) is 0. The Labute approximate surface area is 69.3 Å². The Morgan fingerprint density at radius 2 is 2.09 bits per heavy atom. The fraction of sp³-hybridized carbons (Fsp3) is 1.00. The van der Waals surface area contributed by atoms with Crippen molar-refractivity contribution >= 4 is 0 Å². The van der Waals surface area contributed by atoms with E-state index in [0.29, 0.717) is 6.10 Å². The SMILES string of the molecule is CCOC(C)C1CCNCC1. The molecule has 1 N–H and O–H groups in total. The summed E-state index contributed by atoms with van der Waals surface area (Å²) in [5.41, 5.74) is 0. The Balaban J connectivity index is 2.21. The maximum atomic E-state index is 5.55. The summed E-state index contributed by atoms with van der Waals surface area (Å²) in [6, 6.07) is 0. The van der Waals surface area contributed by atoms with Crippen LogP contribution in [0.25, 0.3) is 0 Å². The molecule has 1 fully saturated rings. The zero-order valence-electron chi connectivity index (χ0n) is 7.60. The Hall–Kier alpha value is -0.0800. The number of hydrogen-bond acceptors (Lipinski definition) is 2. The van der Waals surface area contributed by atoms with E-state index in [1.165, 1.54) is 25.9 Å². The van der Waals surface area contributed by atoms with Gasteiger partial charge in [0.25, 0.3) is 0 Å². The molecule has 0 saturated carbocycles. The normalized spacial score (nSPS) is 23.5. The van der Waals surface area contributed by atoms with Crippen molar-refractivity contribution in [2.45, 2.75) is 32.8 Å².